The van der Waals surface area contributed by atoms with Gasteiger partial charge in [-0.05, 0) is 37.5 Å². The van der Waals surface area contributed by atoms with E-state index < -0.39 is 97.5 Å². The molecule has 17 nitrogen and oxygen atoms in total. The fourth-order valence-electron chi connectivity index (χ4n) is 11.1. The quantitative estimate of drug-likeness (QED) is 0.0222. The van der Waals surface area contributed by atoms with Gasteiger partial charge in [0.1, 0.15) is 19.3 Å². The molecule has 19 heteroatoms. The highest BCUT2D eigenvalue weighted by Gasteiger charge is 2.30. The van der Waals surface area contributed by atoms with E-state index in [9.17, 15) is 43.2 Å². The van der Waals surface area contributed by atoms with E-state index in [0.717, 1.165) is 115 Å². The topological polar surface area (TPSA) is 237 Å². The van der Waals surface area contributed by atoms with Gasteiger partial charge in [-0.15, -0.1) is 0 Å². The summed E-state index contributed by atoms with van der Waals surface area (Å²) < 4.78 is 68.3. The summed E-state index contributed by atoms with van der Waals surface area (Å²) in [5.74, 6) is -0.504. The molecule has 0 radical (unpaired) electrons. The molecule has 0 heterocycles. The number of phosphoric acid groups is 2. The Bertz CT molecular complexity index is 1790. The van der Waals surface area contributed by atoms with Crippen LogP contribution in [0, 0.1) is 11.8 Å². The van der Waals surface area contributed by atoms with Crippen LogP contribution in [0.1, 0.15) is 375 Å². The number of aliphatic hydroxyl groups excluding tert-OH is 1. The molecular weight excluding hydrogens is 1210 g/mol. The van der Waals surface area contributed by atoms with E-state index in [1.54, 1.807) is 0 Å². The Hall–Kier alpha value is -1.94. The monoisotopic (exact) mass is 1350 g/mol. The van der Waals surface area contributed by atoms with E-state index in [1.807, 2.05) is 0 Å². The predicted octanol–water partition coefficient (Wildman–Crippen LogP) is 21.2. The minimum absolute atomic E-state index is 0.107. The van der Waals surface area contributed by atoms with Gasteiger partial charge in [0.15, 0.2) is 12.2 Å². The van der Waals surface area contributed by atoms with Crippen molar-refractivity contribution >= 4 is 39.5 Å². The summed E-state index contributed by atoms with van der Waals surface area (Å²) in [7, 11) is -9.90. The molecule has 0 saturated carbocycles. The third-order valence-corrected chi connectivity index (χ3v) is 19.2. The number of carbonyl (C=O) groups excluding carboxylic acids is 4. The maximum atomic E-state index is 13.1. The summed E-state index contributed by atoms with van der Waals surface area (Å²) in [5.41, 5.74) is 0. The van der Waals surface area contributed by atoms with Crippen LogP contribution in [-0.4, -0.2) is 96.7 Å². The van der Waals surface area contributed by atoms with Crippen molar-refractivity contribution in [1.29, 1.82) is 0 Å². The zero-order chi connectivity index (χ0) is 67.9. The lowest BCUT2D eigenvalue weighted by Crippen LogP contribution is -2.30. The molecule has 0 rings (SSSR count). The highest BCUT2D eigenvalue weighted by molar-refractivity contribution is 7.47. The van der Waals surface area contributed by atoms with E-state index in [2.05, 4.69) is 41.5 Å². The van der Waals surface area contributed by atoms with Crippen molar-refractivity contribution < 1.29 is 80.2 Å². The van der Waals surface area contributed by atoms with Gasteiger partial charge < -0.3 is 33.8 Å². The molecule has 0 aromatic carbocycles. The van der Waals surface area contributed by atoms with Crippen molar-refractivity contribution in [2.24, 2.45) is 11.8 Å². The second-order valence-corrected chi connectivity index (χ2v) is 30.0. The molecule has 0 fully saturated rings. The van der Waals surface area contributed by atoms with Crippen molar-refractivity contribution in [3.05, 3.63) is 0 Å². The first-order chi connectivity index (χ1) is 44.4. The molecule has 0 aliphatic rings. The van der Waals surface area contributed by atoms with Gasteiger partial charge in [-0.2, -0.15) is 0 Å². The lowest BCUT2D eigenvalue weighted by Gasteiger charge is -2.21. The number of aliphatic hydroxyl groups is 1. The van der Waals surface area contributed by atoms with Gasteiger partial charge in [-0.1, -0.05) is 324 Å². The average molecular weight is 1350 g/mol. The second-order valence-electron chi connectivity index (χ2n) is 27.1. The zero-order valence-corrected chi connectivity index (χ0v) is 61.6. The molecule has 92 heavy (non-hydrogen) atoms. The van der Waals surface area contributed by atoms with Crippen LogP contribution in [0.5, 0.6) is 0 Å². The molecule has 3 unspecified atom stereocenters. The Kier molecular flexibility index (Phi) is 63.7. The van der Waals surface area contributed by atoms with Gasteiger partial charge in [-0.25, -0.2) is 9.13 Å². The summed E-state index contributed by atoms with van der Waals surface area (Å²) in [6.45, 7) is 9.59. The van der Waals surface area contributed by atoms with Crippen molar-refractivity contribution in [3.63, 3.8) is 0 Å². The van der Waals surface area contributed by atoms with Crippen LogP contribution in [0.25, 0.3) is 0 Å². The average Bonchev–Trinajstić information content (AvgIpc) is 3.36. The fraction of sp³-hybridized carbons (Fsp3) is 0.945. The predicted molar refractivity (Wildman–Crippen MR) is 372 cm³/mol. The SMILES string of the molecule is CCCCCCCCCCCCCCC(=O)O[C@H](COC(=O)CCCCCCCCC)COP(=O)(O)OC[C@H](O)COP(=O)(O)OC[C@@H](COC(=O)CCCCCCCCCCCCC(C)CC)OC(=O)CCCCCCCCCCCCCCCCCCC(C)C. The molecule has 546 valence electrons. The highest BCUT2D eigenvalue weighted by Crippen LogP contribution is 2.45. The Morgan fingerprint density at radius 3 is 0.826 bits per heavy atom. The fourth-order valence-corrected chi connectivity index (χ4v) is 12.7. The third-order valence-electron chi connectivity index (χ3n) is 17.3. The van der Waals surface area contributed by atoms with Gasteiger partial charge in [0.25, 0.3) is 0 Å². The Balaban J connectivity index is 5.19. The highest BCUT2D eigenvalue weighted by atomic mass is 31.2. The lowest BCUT2D eigenvalue weighted by atomic mass is 9.99. The maximum absolute atomic E-state index is 13.1. The Morgan fingerprint density at radius 2 is 0.554 bits per heavy atom. The van der Waals surface area contributed by atoms with E-state index in [4.69, 9.17) is 37.0 Å². The van der Waals surface area contributed by atoms with Crippen molar-refractivity contribution in [2.45, 2.75) is 394 Å². The van der Waals surface area contributed by atoms with Crippen LogP contribution in [0.2, 0.25) is 0 Å². The third kappa shape index (κ3) is 65.4. The molecule has 0 aromatic rings. The van der Waals surface area contributed by atoms with Crippen LogP contribution in [0.4, 0.5) is 0 Å². The molecule has 3 N–H and O–H groups in total. The summed E-state index contributed by atoms with van der Waals surface area (Å²) in [4.78, 5) is 72.5. The molecule has 6 atom stereocenters. The number of phosphoric ester groups is 2. The van der Waals surface area contributed by atoms with Crippen LogP contribution in [0.15, 0.2) is 0 Å². The molecule has 0 spiro atoms. The molecular formula is C73H142O17P2. The summed E-state index contributed by atoms with van der Waals surface area (Å²) in [6.07, 6.45) is 51.3. The number of unbranched alkanes of at least 4 members (excludes halogenated alkanes) is 41. The molecule has 0 saturated heterocycles. The minimum Gasteiger partial charge on any atom is -0.462 e. The standard InChI is InChI=1S/C73H142O17P2/c1-7-10-12-14-16-17-18-26-33-39-45-51-57-72(77)89-68(61-83-70(75)55-49-43-35-15-13-11-8-2)63-87-91(79,80)85-59-67(74)60-86-92(81,82)88-64-69(62-84-71(76)56-50-44-38-32-29-28-31-37-42-48-54-66(6)9-3)90-73(78)58-52-46-40-34-27-24-22-20-19-21-23-25-30-36-41-47-53-65(4)5/h65-69,74H,7-64H2,1-6H3,(H,79,80)(H,81,82)/t66?,67-,68+,69+/m0/s1. The van der Waals surface area contributed by atoms with E-state index in [1.165, 1.54) is 180 Å². The molecule has 0 aromatic heterocycles. The number of carbonyl (C=O) groups is 4. The van der Waals surface area contributed by atoms with E-state index >= 15 is 0 Å². The number of rotatable bonds is 72. The molecule has 0 aliphatic carbocycles. The molecule has 0 bridgehead atoms. The van der Waals surface area contributed by atoms with Gasteiger partial charge in [-0.3, -0.25) is 37.3 Å². The number of hydrogen-bond donors (Lipinski definition) is 3. The largest absolute Gasteiger partial charge is 0.472 e. The summed E-state index contributed by atoms with van der Waals surface area (Å²) >= 11 is 0. The Labute approximate surface area is 562 Å². The number of ether oxygens (including phenoxy) is 4. The van der Waals surface area contributed by atoms with Crippen LogP contribution < -0.4 is 0 Å². The zero-order valence-electron chi connectivity index (χ0n) is 59.9. The normalized spacial score (nSPS) is 14.4. The van der Waals surface area contributed by atoms with Crippen molar-refractivity contribution in [1.82, 2.24) is 0 Å². The van der Waals surface area contributed by atoms with E-state index in [0.29, 0.717) is 25.7 Å². The summed E-state index contributed by atoms with van der Waals surface area (Å²) in [6, 6.07) is 0. The maximum Gasteiger partial charge on any atom is 0.472 e. The van der Waals surface area contributed by atoms with Crippen molar-refractivity contribution in [3.8, 4) is 0 Å². The lowest BCUT2D eigenvalue weighted by molar-refractivity contribution is -0.161. The summed E-state index contributed by atoms with van der Waals surface area (Å²) in [5, 5.41) is 10.6. The first-order valence-electron chi connectivity index (χ1n) is 38.0. The minimum atomic E-state index is -4.95. The van der Waals surface area contributed by atoms with Crippen LogP contribution >= 0.6 is 15.6 Å². The number of hydrogen-bond acceptors (Lipinski definition) is 15. The van der Waals surface area contributed by atoms with Gasteiger partial charge in [0.2, 0.25) is 0 Å². The van der Waals surface area contributed by atoms with Gasteiger partial charge in [0, 0.05) is 25.7 Å². The first kappa shape index (κ1) is 90.1. The van der Waals surface area contributed by atoms with E-state index in [-0.39, 0.29) is 25.7 Å². The molecule has 0 aliphatic heterocycles. The van der Waals surface area contributed by atoms with Gasteiger partial charge in [0.05, 0.1) is 26.4 Å². The first-order valence-corrected chi connectivity index (χ1v) is 41.0. The second kappa shape index (κ2) is 65.0. The number of esters is 4. The Morgan fingerprint density at radius 1 is 0.315 bits per heavy atom. The van der Waals surface area contributed by atoms with Crippen molar-refractivity contribution in [2.75, 3.05) is 39.6 Å². The molecule has 0 amide bonds. The smallest absolute Gasteiger partial charge is 0.462 e. The van der Waals surface area contributed by atoms with Crippen LogP contribution in [0.3, 0.4) is 0 Å². The van der Waals surface area contributed by atoms with Crippen LogP contribution in [-0.2, 0) is 65.4 Å². The van der Waals surface area contributed by atoms with Gasteiger partial charge >= 0.3 is 39.5 Å².